The number of piperidine rings is 1. The van der Waals surface area contributed by atoms with Crippen LogP contribution in [0, 0.1) is 11.6 Å². The summed E-state index contributed by atoms with van der Waals surface area (Å²) in [5, 5.41) is 0. The Morgan fingerprint density at radius 2 is 1.56 bits per heavy atom. The number of carbonyl (C=O) groups is 1. The number of carbonyl (C=O) groups excluding carboxylic acids is 1. The highest BCUT2D eigenvalue weighted by molar-refractivity contribution is 5.95. The minimum Gasteiger partial charge on any atom is -0.371 e. The van der Waals surface area contributed by atoms with Crippen LogP contribution in [0.5, 0.6) is 0 Å². The van der Waals surface area contributed by atoms with Crippen molar-refractivity contribution < 1.29 is 13.6 Å². The molecule has 2 heterocycles. The zero-order valence-corrected chi connectivity index (χ0v) is 15.2. The van der Waals surface area contributed by atoms with Crippen LogP contribution >= 0.6 is 0 Å². The largest absolute Gasteiger partial charge is 0.371 e. The molecule has 0 spiro atoms. The van der Waals surface area contributed by atoms with Crippen molar-refractivity contribution in [2.24, 2.45) is 0 Å². The Hall–Kier alpha value is -2.47. The number of halogens is 2. The number of hydrogen-bond acceptors (Lipinski definition) is 3. The van der Waals surface area contributed by atoms with Crippen molar-refractivity contribution in [3.63, 3.8) is 0 Å². The average Bonchev–Trinajstić information content (AvgIpc) is 2.71. The van der Waals surface area contributed by atoms with Gasteiger partial charge in [-0.05, 0) is 37.1 Å². The molecule has 27 heavy (non-hydrogen) atoms. The molecule has 0 radical (unpaired) electrons. The number of nitrogens with zero attached hydrogens (tertiary/aromatic N) is 3. The Morgan fingerprint density at radius 1 is 0.815 bits per heavy atom. The van der Waals surface area contributed by atoms with Crippen LogP contribution in [0.25, 0.3) is 0 Å². The summed E-state index contributed by atoms with van der Waals surface area (Å²) in [6, 6.07) is 14.2. The maximum atomic E-state index is 13.5. The molecule has 2 fully saturated rings. The van der Waals surface area contributed by atoms with E-state index in [9.17, 15) is 13.6 Å². The van der Waals surface area contributed by atoms with Gasteiger partial charge in [-0.25, -0.2) is 8.78 Å². The molecular formula is C21H23F2N3O. The molecule has 2 aromatic rings. The number of rotatable bonds is 3. The molecule has 6 heteroatoms. The van der Waals surface area contributed by atoms with Crippen LogP contribution < -0.4 is 9.80 Å². The molecule has 4 rings (SSSR count). The van der Waals surface area contributed by atoms with E-state index in [1.807, 2.05) is 35.2 Å². The molecule has 0 unspecified atom stereocenters. The summed E-state index contributed by atoms with van der Waals surface area (Å²) >= 11 is 0. The monoisotopic (exact) mass is 371 g/mol. The molecule has 4 nitrogen and oxygen atoms in total. The van der Waals surface area contributed by atoms with Crippen LogP contribution in [0.3, 0.4) is 0 Å². The Bertz CT molecular complexity index is 806. The first-order valence-corrected chi connectivity index (χ1v) is 9.41. The number of benzene rings is 2. The third kappa shape index (κ3) is 3.81. The van der Waals surface area contributed by atoms with E-state index in [-0.39, 0.29) is 5.91 Å². The van der Waals surface area contributed by atoms with Crippen molar-refractivity contribution in [3.8, 4) is 0 Å². The third-order valence-corrected chi connectivity index (χ3v) is 5.57. The van der Waals surface area contributed by atoms with Gasteiger partial charge in [-0.1, -0.05) is 18.2 Å². The van der Waals surface area contributed by atoms with Crippen molar-refractivity contribution in [3.05, 3.63) is 60.2 Å². The molecule has 1 amide bonds. The fourth-order valence-electron chi connectivity index (χ4n) is 4.05. The van der Waals surface area contributed by atoms with Crippen LogP contribution in [0.4, 0.5) is 20.2 Å². The minimum atomic E-state index is -0.816. The molecule has 2 saturated heterocycles. The van der Waals surface area contributed by atoms with Crippen LogP contribution in [0.2, 0.25) is 0 Å². The van der Waals surface area contributed by atoms with Gasteiger partial charge >= 0.3 is 0 Å². The highest BCUT2D eigenvalue weighted by Gasteiger charge is 2.31. The van der Waals surface area contributed by atoms with E-state index >= 15 is 0 Å². The van der Waals surface area contributed by atoms with Gasteiger partial charge in [0, 0.05) is 49.7 Å². The second-order valence-corrected chi connectivity index (χ2v) is 7.17. The quantitative estimate of drug-likeness (QED) is 0.829. The fraction of sp³-hybridized carbons (Fsp3) is 0.381. The van der Waals surface area contributed by atoms with Crippen molar-refractivity contribution >= 4 is 17.3 Å². The topological polar surface area (TPSA) is 26.8 Å². The summed E-state index contributed by atoms with van der Waals surface area (Å²) in [6.07, 6.45) is 1.83. The highest BCUT2D eigenvalue weighted by atomic mass is 19.2. The van der Waals surface area contributed by atoms with E-state index in [2.05, 4.69) is 9.80 Å². The van der Waals surface area contributed by atoms with E-state index in [1.165, 1.54) is 12.1 Å². The normalized spacial score (nSPS) is 19.6. The second-order valence-electron chi connectivity index (χ2n) is 7.17. The average molecular weight is 371 g/mol. The van der Waals surface area contributed by atoms with Crippen LogP contribution in [-0.4, -0.2) is 49.6 Å². The summed E-state index contributed by atoms with van der Waals surface area (Å²) in [5.74, 6) is -1.49. The maximum Gasteiger partial charge on any atom is 0.241 e. The van der Waals surface area contributed by atoms with Gasteiger partial charge in [0.25, 0.3) is 0 Å². The van der Waals surface area contributed by atoms with E-state index in [0.29, 0.717) is 19.1 Å². The molecule has 0 aromatic heterocycles. The lowest BCUT2D eigenvalue weighted by molar-refractivity contribution is -0.122. The van der Waals surface area contributed by atoms with Gasteiger partial charge in [0.15, 0.2) is 11.6 Å². The maximum absolute atomic E-state index is 13.5. The second kappa shape index (κ2) is 7.64. The Balaban J connectivity index is 1.34. The lowest BCUT2D eigenvalue weighted by atomic mass is 10.0. The van der Waals surface area contributed by atoms with E-state index in [0.717, 1.165) is 43.9 Å². The smallest absolute Gasteiger partial charge is 0.241 e. The minimum absolute atomic E-state index is 0.135. The van der Waals surface area contributed by atoms with Crippen LogP contribution in [-0.2, 0) is 4.79 Å². The van der Waals surface area contributed by atoms with E-state index in [1.54, 1.807) is 6.07 Å². The molecule has 142 valence electrons. The van der Waals surface area contributed by atoms with Gasteiger partial charge in [0.1, 0.15) is 0 Å². The molecule has 2 aliphatic rings. The van der Waals surface area contributed by atoms with Crippen molar-refractivity contribution in [2.75, 3.05) is 42.5 Å². The van der Waals surface area contributed by atoms with Gasteiger partial charge in [0.05, 0.1) is 6.54 Å². The number of piperazine rings is 1. The molecule has 0 atom stereocenters. The van der Waals surface area contributed by atoms with Crippen molar-refractivity contribution in [1.82, 2.24) is 4.90 Å². The number of anilines is 2. The Morgan fingerprint density at radius 3 is 2.22 bits per heavy atom. The molecule has 0 aliphatic carbocycles. The number of amides is 1. The van der Waals surface area contributed by atoms with Crippen molar-refractivity contribution in [2.45, 2.75) is 18.9 Å². The molecule has 0 saturated carbocycles. The molecule has 0 N–H and O–H groups in total. The third-order valence-electron chi connectivity index (χ3n) is 5.57. The van der Waals surface area contributed by atoms with E-state index < -0.39 is 11.6 Å². The Kier molecular flexibility index (Phi) is 5.07. The standard InChI is InChI=1S/C21H23F2N3O/c22-19-7-6-18(14-20(19)23)24-10-8-16(9-11-24)25-12-13-26(21(27)15-25)17-4-2-1-3-5-17/h1-7,14,16H,8-13,15H2. The summed E-state index contributed by atoms with van der Waals surface area (Å²) in [5.41, 5.74) is 1.67. The molecular weight excluding hydrogens is 348 g/mol. The van der Waals surface area contributed by atoms with Crippen LogP contribution in [0.15, 0.2) is 48.5 Å². The van der Waals surface area contributed by atoms with Gasteiger partial charge in [0.2, 0.25) is 5.91 Å². The summed E-state index contributed by atoms with van der Waals surface area (Å²) < 4.78 is 26.6. The van der Waals surface area contributed by atoms with Gasteiger partial charge in [-0.15, -0.1) is 0 Å². The molecule has 2 aromatic carbocycles. The van der Waals surface area contributed by atoms with Crippen molar-refractivity contribution in [1.29, 1.82) is 0 Å². The first-order valence-electron chi connectivity index (χ1n) is 9.41. The SMILES string of the molecule is O=C1CN(C2CCN(c3ccc(F)c(F)c3)CC2)CCN1c1ccccc1. The zero-order valence-electron chi connectivity index (χ0n) is 15.2. The fourth-order valence-corrected chi connectivity index (χ4v) is 4.05. The predicted molar refractivity (Wildman–Crippen MR) is 102 cm³/mol. The number of hydrogen-bond donors (Lipinski definition) is 0. The Labute approximate surface area is 158 Å². The van der Waals surface area contributed by atoms with Gasteiger partial charge < -0.3 is 9.80 Å². The van der Waals surface area contributed by atoms with Crippen LogP contribution in [0.1, 0.15) is 12.8 Å². The van der Waals surface area contributed by atoms with Gasteiger partial charge in [-0.3, -0.25) is 9.69 Å². The first kappa shape index (κ1) is 17.9. The molecule has 0 bridgehead atoms. The lowest BCUT2D eigenvalue weighted by Crippen LogP contribution is -2.55. The zero-order chi connectivity index (χ0) is 18.8. The van der Waals surface area contributed by atoms with Gasteiger partial charge in [-0.2, -0.15) is 0 Å². The highest BCUT2D eigenvalue weighted by Crippen LogP contribution is 2.26. The van der Waals surface area contributed by atoms with E-state index in [4.69, 9.17) is 0 Å². The number of para-hydroxylation sites is 1. The first-order chi connectivity index (χ1) is 13.1. The lowest BCUT2D eigenvalue weighted by Gasteiger charge is -2.42. The summed E-state index contributed by atoms with van der Waals surface area (Å²) in [6.45, 7) is 3.55. The molecule has 2 aliphatic heterocycles. The predicted octanol–water partition coefficient (Wildman–Crippen LogP) is 3.28. The summed E-state index contributed by atoms with van der Waals surface area (Å²) in [7, 11) is 0. The summed E-state index contributed by atoms with van der Waals surface area (Å²) in [4.78, 5) is 18.8.